The zero-order chi connectivity index (χ0) is 16.4. The van der Waals surface area contributed by atoms with E-state index < -0.39 is 49.2 Å². The van der Waals surface area contributed by atoms with E-state index in [1.807, 2.05) is 0 Å². The van der Waals surface area contributed by atoms with Gasteiger partial charge < -0.3 is 20.6 Å². The molecular formula is C9H11F6N3O3. The van der Waals surface area contributed by atoms with Crippen molar-refractivity contribution in [2.24, 2.45) is 16.8 Å². The third kappa shape index (κ3) is 4.12. The average Bonchev–Trinajstić information content (AvgIpc) is 2.34. The highest BCUT2D eigenvalue weighted by Crippen LogP contribution is 2.40. The van der Waals surface area contributed by atoms with Crippen LogP contribution in [0.15, 0.2) is 5.16 Å². The van der Waals surface area contributed by atoms with Crippen molar-refractivity contribution in [3.05, 3.63) is 0 Å². The molecule has 3 N–H and O–H groups in total. The summed E-state index contributed by atoms with van der Waals surface area (Å²) in [5.41, 5.74) is 5.15. The number of hydrogen-bond acceptors (Lipinski definition) is 4. The van der Waals surface area contributed by atoms with Crippen molar-refractivity contribution in [2.75, 3.05) is 19.7 Å². The number of alkyl halides is 6. The Kier molecular flexibility index (Phi) is 4.91. The largest absolute Gasteiger partial charge is 0.409 e. The molecule has 0 saturated carbocycles. The Morgan fingerprint density at radius 3 is 2.24 bits per heavy atom. The van der Waals surface area contributed by atoms with Crippen LogP contribution in [0, 0.1) is 5.92 Å². The number of carbonyl (C=O) groups excluding carboxylic acids is 1. The van der Waals surface area contributed by atoms with E-state index in [2.05, 4.69) is 5.16 Å². The molecule has 1 aliphatic rings. The molecule has 0 aromatic rings. The number of hydrogen-bond donors (Lipinski definition) is 2. The van der Waals surface area contributed by atoms with Crippen molar-refractivity contribution >= 4 is 11.7 Å². The van der Waals surface area contributed by atoms with Crippen LogP contribution in [0.4, 0.5) is 26.3 Å². The van der Waals surface area contributed by atoms with Gasteiger partial charge in [0.2, 0.25) is 11.8 Å². The first-order chi connectivity index (χ1) is 9.48. The molecule has 0 aromatic heterocycles. The van der Waals surface area contributed by atoms with Crippen LogP contribution in [-0.4, -0.2) is 60.0 Å². The molecule has 6 nitrogen and oxygen atoms in total. The van der Waals surface area contributed by atoms with Gasteiger partial charge in [-0.2, -0.15) is 26.3 Å². The van der Waals surface area contributed by atoms with Crippen LogP contribution in [0.3, 0.4) is 0 Å². The van der Waals surface area contributed by atoms with E-state index in [0.29, 0.717) is 4.90 Å². The zero-order valence-corrected chi connectivity index (χ0v) is 10.3. The van der Waals surface area contributed by atoms with Crippen LogP contribution < -0.4 is 5.73 Å². The summed E-state index contributed by atoms with van der Waals surface area (Å²) in [7, 11) is 0. The predicted octanol–water partition coefficient (Wildman–Crippen LogP) is 0.701. The minimum atomic E-state index is -5.76. The van der Waals surface area contributed by atoms with Crippen molar-refractivity contribution in [1.29, 1.82) is 0 Å². The Balaban J connectivity index is 2.95. The lowest BCUT2D eigenvalue weighted by Gasteiger charge is -2.35. The highest BCUT2D eigenvalue weighted by Gasteiger charge is 2.62. The lowest BCUT2D eigenvalue weighted by atomic mass is 10.1. The fourth-order valence-corrected chi connectivity index (χ4v) is 1.74. The van der Waals surface area contributed by atoms with Gasteiger partial charge in [-0.05, 0) is 0 Å². The predicted molar refractivity (Wildman–Crippen MR) is 55.3 cm³/mol. The van der Waals surface area contributed by atoms with Gasteiger partial charge in [0, 0.05) is 6.54 Å². The molecule has 1 saturated heterocycles. The molecule has 0 spiro atoms. The summed E-state index contributed by atoms with van der Waals surface area (Å²) in [6, 6.07) is 0. The van der Waals surface area contributed by atoms with E-state index in [1.54, 1.807) is 0 Å². The van der Waals surface area contributed by atoms with Crippen LogP contribution in [0.5, 0.6) is 0 Å². The van der Waals surface area contributed by atoms with E-state index in [4.69, 9.17) is 15.7 Å². The fourth-order valence-electron chi connectivity index (χ4n) is 1.74. The summed E-state index contributed by atoms with van der Waals surface area (Å²) in [6.45, 7) is -1.47. The molecule has 0 aliphatic carbocycles. The van der Waals surface area contributed by atoms with Crippen molar-refractivity contribution in [3.8, 4) is 0 Å². The molecule has 1 heterocycles. The molecule has 0 bridgehead atoms. The Morgan fingerprint density at radius 2 is 1.81 bits per heavy atom. The van der Waals surface area contributed by atoms with E-state index in [-0.39, 0.29) is 6.61 Å². The number of amides is 1. The minimum Gasteiger partial charge on any atom is -0.409 e. The molecule has 1 amide bonds. The van der Waals surface area contributed by atoms with Crippen molar-refractivity contribution in [3.63, 3.8) is 0 Å². The summed E-state index contributed by atoms with van der Waals surface area (Å²) in [5.74, 6) is -6.81. The number of nitrogens with two attached hydrogens (primary N) is 1. The van der Waals surface area contributed by atoms with Gasteiger partial charge in [0.15, 0.2) is 5.84 Å². The normalized spacial score (nSPS) is 21.8. The number of ether oxygens (including phenoxy) is 1. The van der Waals surface area contributed by atoms with Gasteiger partial charge in [-0.3, -0.25) is 4.79 Å². The lowest BCUT2D eigenvalue weighted by molar-refractivity contribution is -0.278. The summed E-state index contributed by atoms with van der Waals surface area (Å²) in [6.07, 6.45) is -12.8. The van der Waals surface area contributed by atoms with Gasteiger partial charge in [-0.15, -0.1) is 0 Å². The van der Waals surface area contributed by atoms with Gasteiger partial charge in [-0.1, -0.05) is 5.16 Å². The zero-order valence-electron chi connectivity index (χ0n) is 10.3. The molecular weight excluding hydrogens is 312 g/mol. The lowest BCUT2D eigenvalue weighted by Crippen LogP contribution is -2.56. The maximum atomic E-state index is 12.5. The molecule has 1 aliphatic heterocycles. The maximum absolute atomic E-state index is 12.5. The van der Waals surface area contributed by atoms with E-state index in [0.717, 1.165) is 0 Å². The molecule has 21 heavy (non-hydrogen) atoms. The summed E-state index contributed by atoms with van der Waals surface area (Å²) in [4.78, 5) is 11.9. The number of morpholine rings is 1. The monoisotopic (exact) mass is 323 g/mol. The third-order valence-corrected chi connectivity index (χ3v) is 2.73. The molecule has 12 heteroatoms. The molecule has 0 aromatic carbocycles. The van der Waals surface area contributed by atoms with Gasteiger partial charge >= 0.3 is 12.4 Å². The minimum absolute atomic E-state index is 0.331. The fraction of sp³-hybridized carbons (Fsp3) is 0.778. The molecule has 1 rings (SSSR count). The van der Waals surface area contributed by atoms with Crippen LogP contribution in [-0.2, 0) is 9.53 Å². The first kappa shape index (κ1) is 17.3. The third-order valence-electron chi connectivity index (χ3n) is 2.73. The SMILES string of the molecule is NC(=NO)C1CN(C(=O)C(C(F)(F)F)C(F)(F)F)CCO1. The number of carbonyl (C=O) groups is 1. The van der Waals surface area contributed by atoms with Gasteiger partial charge in [-0.25, -0.2) is 0 Å². The van der Waals surface area contributed by atoms with Crippen molar-refractivity contribution in [1.82, 2.24) is 4.90 Å². The standard InChI is InChI=1S/C9H11F6N3O3/c10-8(11,12)5(9(13,14)15)7(19)18-1-2-21-4(3-18)6(16)17-20/h4-5,20H,1-3H2,(H2,16,17). The van der Waals surface area contributed by atoms with Crippen molar-refractivity contribution in [2.45, 2.75) is 18.5 Å². The number of halogens is 6. The second-order valence-electron chi connectivity index (χ2n) is 4.18. The molecule has 0 radical (unpaired) electrons. The molecule has 1 fully saturated rings. The summed E-state index contributed by atoms with van der Waals surface area (Å²) >= 11 is 0. The smallest absolute Gasteiger partial charge is 0.409 e. The number of oxime groups is 1. The van der Waals surface area contributed by atoms with Crippen LogP contribution >= 0.6 is 0 Å². The quantitative estimate of drug-likeness (QED) is 0.257. The Labute approximate surface area is 114 Å². The number of rotatable bonds is 2. The topological polar surface area (TPSA) is 88.2 Å². The summed E-state index contributed by atoms with van der Waals surface area (Å²) < 4.78 is 79.6. The van der Waals surface area contributed by atoms with Crippen LogP contribution in [0.1, 0.15) is 0 Å². The van der Waals surface area contributed by atoms with Crippen molar-refractivity contribution < 1.29 is 41.1 Å². The van der Waals surface area contributed by atoms with Crippen LogP contribution in [0.2, 0.25) is 0 Å². The van der Waals surface area contributed by atoms with Gasteiger partial charge in [0.25, 0.3) is 0 Å². The first-order valence-electron chi connectivity index (χ1n) is 5.49. The Hall–Kier alpha value is -1.72. The second-order valence-corrected chi connectivity index (χ2v) is 4.18. The summed E-state index contributed by atoms with van der Waals surface area (Å²) in [5, 5.41) is 10.9. The number of nitrogens with zero attached hydrogens (tertiary/aromatic N) is 2. The molecule has 1 atom stereocenters. The highest BCUT2D eigenvalue weighted by molar-refractivity contribution is 5.86. The number of amidine groups is 1. The molecule has 122 valence electrons. The van der Waals surface area contributed by atoms with Gasteiger partial charge in [0.1, 0.15) is 6.10 Å². The highest BCUT2D eigenvalue weighted by atomic mass is 19.4. The van der Waals surface area contributed by atoms with Crippen LogP contribution in [0.25, 0.3) is 0 Å². The maximum Gasteiger partial charge on any atom is 0.409 e. The van der Waals surface area contributed by atoms with Gasteiger partial charge in [0.05, 0.1) is 13.2 Å². The first-order valence-corrected chi connectivity index (χ1v) is 5.49. The Bertz CT molecular complexity index is 408. The van der Waals surface area contributed by atoms with E-state index in [1.165, 1.54) is 0 Å². The second kappa shape index (κ2) is 5.95. The molecule has 1 unspecified atom stereocenters. The van der Waals surface area contributed by atoms with E-state index in [9.17, 15) is 31.1 Å². The average molecular weight is 323 g/mol. The van der Waals surface area contributed by atoms with E-state index >= 15 is 0 Å². The Morgan fingerprint density at radius 1 is 1.29 bits per heavy atom.